The van der Waals surface area contributed by atoms with Gasteiger partial charge in [-0.3, -0.25) is 19.2 Å². The molecule has 1 spiro atoms. The minimum absolute atomic E-state index is 0.0476. The average Bonchev–Trinajstić information content (AvgIpc) is 3.57. The summed E-state index contributed by atoms with van der Waals surface area (Å²) in [6, 6.07) is 17.6. The highest BCUT2D eigenvalue weighted by Gasteiger charge is 2.51. The number of carbonyl (C=O) groups is 4. The summed E-state index contributed by atoms with van der Waals surface area (Å²) in [5, 5.41) is 9.16. The smallest absolute Gasteiger partial charge is 0.244 e. The van der Waals surface area contributed by atoms with E-state index in [9.17, 15) is 19.2 Å². The molecule has 3 aromatic rings. The van der Waals surface area contributed by atoms with Crippen molar-refractivity contribution in [1.29, 1.82) is 0 Å². The summed E-state index contributed by atoms with van der Waals surface area (Å²) in [5.74, 6) is 0.206. The zero-order valence-corrected chi connectivity index (χ0v) is 27.7. The molecule has 3 heterocycles. The molecule has 10 heteroatoms. The Bertz CT molecular complexity index is 1710. The maximum absolute atomic E-state index is 14.3. The normalized spacial score (nSPS) is 19.3. The maximum atomic E-state index is 14.3. The summed E-state index contributed by atoms with van der Waals surface area (Å²) < 4.78 is 0. The summed E-state index contributed by atoms with van der Waals surface area (Å²) in [6.07, 6.45) is 3.86. The van der Waals surface area contributed by atoms with E-state index in [-0.39, 0.29) is 36.1 Å². The van der Waals surface area contributed by atoms with Crippen LogP contribution >= 0.6 is 0 Å². The molecule has 2 aliphatic heterocycles. The van der Waals surface area contributed by atoms with Crippen molar-refractivity contribution in [2.24, 2.45) is 11.3 Å². The number of anilines is 2. The quantitative estimate of drug-likeness (QED) is 0.326. The second-order valence-corrected chi connectivity index (χ2v) is 13.8. The number of likely N-dealkylation sites (tertiary alicyclic amines) is 1. The molecule has 10 nitrogen and oxygen atoms in total. The Morgan fingerprint density at radius 3 is 2.45 bits per heavy atom. The zero-order valence-electron chi connectivity index (χ0n) is 27.7. The van der Waals surface area contributed by atoms with Gasteiger partial charge in [-0.25, -0.2) is 4.98 Å². The van der Waals surface area contributed by atoms with Crippen LogP contribution in [-0.4, -0.2) is 65.1 Å². The highest BCUT2D eigenvalue weighted by atomic mass is 16.2. The lowest BCUT2D eigenvalue weighted by Crippen LogP contribution is -2.51. The summed E-state index contributed by atoms with van der Waals surface area (Å²) in [5.41, 5.74) is 4.28. The molecule has 0 radical (unpaired) electrons. The van der Waals surface area contributed by atoms with E-state index in [1.165, 1.54) is 0 Å². The van der Waals surface area contributed by atoms with Gasteiger partial charge in [-0.05, 0) is 73.2 Å². The van der Waals surface area contributed by atoms with Gasteiger partial charge in [0, 0.05) is 55.0 Å². The van der Waals surface area contributed by atoms with Crippen LogP contribution in [0.3, 0.4) is 0 Å². The van der Waals surface area contributed by atoms with Gasteiger partial charge in [-0.2, -0.15) is 0 Å². The van der Waals surface area contributed by atoms with Gasteiger partial charge in [0.1, 0.15) is 12.4 Å². The van der Waals surface area contributed by atoms with Gasteiger partial charge in [0.05, 0.1) is 5.41 Å². The van der Waals surface area contributed by atoms with Crippen LogP contribution in [0.5, 0.6) is 0 Å². The Kier molecular flexibility index (Phi) is 8.89. The molecule has 1 atom stereocenters. The first kappa shape index (κ1) is 32.4. The zero-order chi connectivity index (χ0) is 33.3. The predicted octanol–water partition coefficient (Wildman–Crippen LogP) is 4.04. The second kappa shape index (κ2) is 12.9. The number of amides is 4. The van der Waals surface area contributed by atoms with Gasteiger partial charge in [0.2, 0.25) is 23.6 Å². The topological polar surface area (TPSA) is 124 Å². The Labute approximate surface area is 276 Å². The van der Waals surface area contributed by atoms with Crippen molar-refractivity contribution in [2.45, 2.75) is 65.0 Å². The lowest BCUT2D eigenvalue weighted by Gasteiger charge is -2.41. The standard InChI is InChI=1S/C37H44N6O4/c1-24(2)33(45)42-16-13-36(3,14-17-42)35(47)43(22-27-9-6-5-8-26(27)21-38-4)23-31(44)40-29-12-11-25-19-37(20-28(25)18-29)30-10-7-15-39-32(30)41-34(37)46/h5-12,15,18,24,38H,13-14,16-17,19-23H2,1-4H3,(H,40,44)(H,39,41,46)/t37-/m1/s1. The summed E-state index contributed by atoms with van der Waals surface area (Å²) >= 11 is 0. The van der Waals surface area contributed by atoms with Crippen LogP contribution in [0.1, 0.15) is 61.4 Å². The number of benzene rings is 2. The van der Waals surface area contributed by atoms with Crippen LogP contribution in [0, 0.1) is 11.3 Å². The van der Waals surface area contributed by atoms with Gasteiger partial charge in [0.25, 0.3) is 0 Å². The lowest BCUT2D eigenvalue weighted by atomic mass is 9.78. The minimum atomic E-state index is -0.694. The van der Waals surface area contributed by atoms with Crippen LogP contribution in [0.25, 0.3) is 0 Å². The molecule has 0 bridgehead atoms. The predicted molar refractivity (Wildman–Crippen MR) is 180 cm³/mol. The van der Waals surface area contributed by atoms with Crippen molar-refractivity contribution < 1.29 is 19.2 Å². The number of rotatable bonds is 9. The highest BCUT2D eigenvalue weighted by molar-refractivity contribution is 6.06. The van der Waals surface area contributed by atoms with Gasteiger partial charge in [-0.1, -0.05) is 57.2 Å². The Hall–Kier alpha value is -4.57. The molecule has 3 aliphatic rings. The molecule has 6 rings (SSSR count). The lowest BCUT2D eigenvalue weighted by molar-refractivity contribution is -0.149. The van der Waals surface area contributed by atoms with Gasteiger partial charge in [-0.15, -0.1) is 0 Å². The first-order valence-corrected chi connectivity index (χ1v) is 16.5. The van der Waals surface area contributed by atoms with E-state index in [2.05, 4.69) is 20.9 Å². The third-order valence-electron chi connectivity index (χ3n) is 10.1. The van der Waals surface area contributed by atoms with Crippen molar-refractivity contribution in [1.82, 2.24) is 20.1 Å². The molecule has 1 saturated heterocycles. The number of nitrogens with zero attached hydrogens (tertiary/aromatic N) is 3. The van der Waals surface area contributed by atoms with Gasteiger partial charge in [0.15, 0.2) is 0 Å². The largest absolute Gasteiger partial charge is 0.342 e. The molecule has 2 aromatic carbocycles. The van der Waals surface area contributed by atoms with Crippen LogP contribution in [0.4, 0.5) is 11.5 Å². The molecule has 0 saturated carbocycles. The molecular formula is C37H44N6O4. The number of piperidine rings is 1. The fourth-order valence-electron chi connectivity index (χ4n) is 7.38. The van der Waals surface area contributed by atoms with Crippen LogP contribution in [0.2, 0.25) is 0 Å². The molecule has 0 unspecified atom stereocenters. The number of aromatic nitrogens is 1. The molecule has 246 valence electrons. The van der Waals surface area contributed by atoms with E-state index < -0.39 is 10.8 Å². The highest BCUT2D eigenvalue weighted by Crippen LogP contribution is 2.47. The fourth-order valence-corrected chi connectivity index (χ4v) is 7.38. The van der Waals surface area contributed by atoms with Crippen molar-refractivity contribution >= 4 is 35.1 Å². The Balaban J connectivity index is 1.19. The third kappa shape index (κ3) is 6.26. The second-order valence-electron chi connectivity index (χ2n) is 13.8. The van der Waals surface area contributed by atoms with Crippen LogP contribution < -0.4 is 16.0 Å². The number of hydrogen-bond donors (Lipinski definition) is 3. The van der Waals surface area contributed by atoms with Gasteiger partial charge < -0.3 is 25.8 Å². The Morgan fingerprint density at radius 2 is 1.72 bits per heavy atom. The molecule has 3 N–H and O–H groups in total. The van der Waals surface area contributed by atoms with Crippen LogP contribution in [0.15, 0.2) is 60.8 Å². The number of hydrogen-bond acceptors (Lipinski definition) is 6. The van der Waals surface area contributed by atoms with E-state index >= 15 is 0 Å². The van der Waals surface area contributed by atoms with E-state index in [0.717, 1.165) is 27.8 Å². The minimum Gasteiger partial charge on any atom is -0.342 e. The fraction of sp³-hybridized carbons (Fsp3) is 0.432. The summed E-state index contributed by atoms with van der Waals surface area (Å²) in [6.45, 7) is 7.61. The first-order chi connectivity index (χ1) is 22.5. The van der Waals surface area contributed by atoms with Crippen molar-refractivity contribution in [3.05, 3.63) is 88.6 Å². The van der Waals surface area contributed by atoms with Gasteiger partial charge >= 0.3 is 0 Å². The van der Waals surface area contributed by atoms with E-state index in [1.54, 1.807) is 11.1 Å². The van der Waals surface area contributed by atoms with E-state index in [4.69, 9.17) is 0 Å². The monoisotopic (exact) mass is 636 g/mol. The summed E-state index contributed by atoms with van der Waals surface area (Å²) in [7, 11) is 1.88. The van der Waals surface area contributed by atoms with Crippen molar-refractivity contribution in [3.63, 3.8) is 0 Å². The van der Waals surface area contributed by atoms with E-state index in [0.29, 0.717) is 63.4 Å². The molecule has 1 aliphatic carbocycles. The summed E-state index contributed by atoms with van der Waals surface area (Å²) in [4.78, 5) is 61.6. The molecule has 47 heavy (non-hydrogen) atoms. The first-order valence-electron chi connectivity index (χ1n) is 16.5. The van der Waals surface area contributed by atoms with Crippen molar-refractivity contribution in [3.8, 4) is 0 Å². The number of carbonyl (C=O) groups excluding carboxylic acids is 4. The Morgan fingerprint density at radius 1 is 1.00 bits per heavy atom. The number of pyridine rings is 1. The molecular weight excluding hydrogens is 592 g/mol. The SMILES string of the molecule is CNCc1ccccc1CN(CC(=O)Nc1ccc2c(c1)C[C@@]1(C2)C(=O)Nc2ncccc21)C(=O)C1(C)CCN(C(=O)C(C)C)CC1. The van der Waals surface area contributed by atoms with E-state index in [1.807, 2.05) is 87.3 Å². The third-order valence-corrected chi connectivity index (χ3v) is 10.1. The van der Waals surface area contributed by atoms with Crippen molar-refractivity contribution in [2.75, 3.05) is 37.3 Å². The molecule has 4 amide bonds. The molecule has 1 aromatic heterocycles. The number of nitrogens with one attached hydrogen (secondary N) is 3. The average molecular weight is 637 g/mol. The maximum Gasteiger partial charge on any atom is 0.244 e. The number of fused-ring (bicyclic) bond motifs is 3. The molecule has 1 fully saturated rings. The van der Waals surface area contributed by atoms with Crippen LogP contribution in [-0.2, 0) is 50.5 Å².